The standard InChI is InChI=1S/C12H16BrN5OS/c1-7-10(11(14)16-19)12(18(3)15-7)17(2)5-8-4-9(13)20-6-8/h4,6,19H,5H2,1-3H3,(H2,14,16). The average Bonchev–Trinajstić information content (AvgIpc) is 2.91. The van der Waals surface area contributed by atoms with Gasteiger partial charge in [-0.1, -0.05) is 5.16 Å². The predicted octanol–water partition coefficient (Wildman–Crippen LogP) is 2.28. The lowest BCUT2D eigenvalue weighted by Gasteiger charge is -2.20. The van der Waals surface area contributed by atoms with Crippen molar-refractivity contribution in [1.82, 2.24) is 9.78 Å². The molecule has 0 saturated carbocycles. The van der Waals surface area contributed by atoms with Crippen LogP contribution in [-0.2, 0) is 13.6 Å². The molecule has 20 heavy (non-hydrogen) atoms. The fourth-order valence-electron chi connectivity index (χ4n) is 2.21. The highest BCUT2D eigenvalue weighted by molar-refractivity contribution is 9.11. The Bertz CT molecular complexity index is 648. The van der Waals surface area contributed by atoms with Crippen LogP contribution in [0.5, 0.6) is 0 Å². The van der Waals surface area contributed by atoms with E-state index >= 15 is 0 Å². The van der Waals surface area contributed by atoms with Gasteiger partial charge in [0.15, 0.2) is 5.84 Å². The lowest BCUT2D eigenvalue weighted by Crippen LogP contribution is -2.24. The monoisotopic (exact) mass is 357 g/mol. The summed E-state index contributed by atoms with van der Waals surface area (Å²) in [5.41, 5.74) is 8.34. The quantitative estimate of drug-likeness (QED) is 0.380. The molecule has 0 unspecified atom stereocenters. The maximum atomic E-state index is 8.92. The lowest BCUT2D eigenvalue weighted by molar-refractivity contribution is 0.318. The Labute approximate surface area is 129 Å². The van der Waals surface area contributed by atoms with Crippen molar-refractivity contribution in [3.63, 3.8) is 0 Å². The number of aryl methyl sites for hydroxylation is 2. The molecule has 0 aliphatic heterocycles. The molecule has 0 aliphatic carbocycles. The lowest BCUT2D eigenvalue weighted by atomic mass is 10.2. The van der Waals surface area contributed by atoms with Crippen molar-refractivity contribution < 1.29 is 5.21 Å². The zero-order valence-corrected chi connectivity index (χ0v) is 13.9. The Balaban J connectivity index is 2.36. The summed E-state index contributed by atoms with van der Waals surface area (Å²) in [7, 11) is 3.80. The third-order valence-corrected chi connectivity index (χ3v) is 4.51. The van der Waals surface area contributed by atoms with E-state index in [2.05, 4.69) is 37.6 Å². The van der Waals surface area contributed by atoms with Crippen LogP contribution in [0, 0.1) is 6.92 Å². The molecule has 0 spiro atoms. The Morgan fingerprint density at radius 1 is 1.65 bits per heavy atom. The molecular formula is C12H16BrN5OS. The van der Waals surface area contributed by atoms with Crippen molar-refractivity contribution in [3.05, 3.63) is 32.1 Å². The molecule has 0 saturated heterocycles. The molecule has 0 radical (unpaired) electrons. The van der Waals surface area contributed by atoms with Gasteiger partial charge in [-0.25, -0.2) is 0 Å². The molecule has 2 heterocycles. The van der Waals surface area contributed by atoms with E-state index in [1.807, 2.05) is 25.9 Å². The molecule has 2 aromatic heterocycles. The summed E-state index contributed by atoms with van der Waals surface area (Å²) in [6, 6.07) is 2.08. The molecule has 8 heteroatoms. The number of aromatic nitrogens is 2. The molecule has 0 fully saturated rings. The molecule has 0 atom stereocenters. The van der Waals surface area contributed by atoms with Crippen molar-refractivity contribution in [3.8, 4) is 0 Å². The second-order valence-corrected chi connectivity index (χ2v) is 6.80. The summed E-state index contributed by atoms with van der Waals surface area (Å²) < 4.78 is 2.84. The number of nitrogens with two attached hydrogens (primary N) is 1. The summed E-state index contributed by atoms with van der Waals surface area (Å²) in [5.74, 6) is 0.893. The summed E-state index contributed by atoms with van der Waals surface area (Å²) in [5, 5.41) is 18.5. The van der Waals surface area contributed by atoms with Crippen LogP contribution in [0.4, 0.5) is 5.82 Å². The minimum Gasteiger partial charge on any atom is -0.409 e. The van der Waals surface area contributed by atoms with Crippen molar-refractivity contribution >= 4 is 38.9 Å². The van der Waals surface area contributed by atoms with Gasteiger partial charge in [-0.05, 0) is 39.9 Å². The Kier molecular flexibility index (Phi) is 4.34. The van der Waals surface area contributed by atoms with Gasteiger partial charge in [0.1, 0.15) is 5.82 Å². The van der Waals surface area contributed by atoms with Gasteiger partial charge in [-0.3, -0.25) is 4.68 Å². The number of oxime groups is 1. The number of amidine groups is 1. The van der Waals surface area contributed by atoms with Crippen molar-refractivity contribution in [2.45, 2.75) is 13.5 Å². The van der Waals surface area contributed by atoms with Gasteiger partial charge in [0.05, 0.1) is 15.0 Å². The third kappa shape index (κ3) is 2.80. The van der Waals surface area contributed by atoms with Gasteiger partial charge >= 0.3 is 0 Å². The van der Waals surface area contributed by atoms with E-state index in [-0.39, 0.29) is 5.84 Å². The number of halogens is 1. The predicted molar refractivity (Wildman–Crippen MR) is 84.6 cm³/mol. The van der Waals surface area contributed by atoms with E-state index in [4.69, 9.17) is 10.9 Å². The maximum absolute atomic E-state index is 8.92. The van der Waals surface area contributed by atoms with E-state index in [9.17, 15) is 0 Å². The number of hydrogen-bond donors (Lipinski definition) is 2. The van der Waals surface area contributed by atoms with Gasteiger partial charge < -0.3 is 15.8 Å². The molecular weight excluding hydrogens is 342 g/mol. The highest BCUT2D eigenvalue weighted by Gasteiger charge is 2.20. The fraction of sp³-hybridized carbons (Fsp3) is 0.333. The second-order valence-electron chi connectivity index (χ2n) is 4.51. The van der Waals surface area contributed by atoms with E-state index in [1.54, 1.807) is 16.0 Å². The van der Waals surface area contributed by atoms with Gasteiger partial charge in [-0.2, -0.15) is 5.10 Å². The minimum absolute atomic E-state index is 0.0731. The Hall–Kier alpha value is -1.54. The summed E-state index contributed by atoms with van der Waals surface area (Å²) >= 11 is 5.10. The van der Waals surface area contributed by atoms with Crippen molar-refractivity contribution in [1.29, 1.82) is 0 Å². The van der Waals surface area contributed by atoms with Crippen LogP contribution in [0.2, 0.25) is 0 Å². The van der Waals surface area contributed by atoms with Crippen LogP contribution in [0.15, 0.2) is 20.4 Å². The Morgan fingerprint density at radius 2 is 2.35 bits per heavy atom. The number of nitrogens with zero attached hydrogens (tertiary/aromatic N) is 4. The first-order valence-corrected chi connectivity index (χ1v) is 7.56. The molecule has 2 rings (SSSR count). The molecule has 0 bridgehead atoms. The third-order valence-electron chi connectivity index (χ3n) is 2.96. The zero-order valence-electron chi connectivity index (χ0n) is 11.5. The van der Waals surface area contributed by atoms with E-state index < -0.39 is 0 Å². The van der Waals surface area contributed by atoms with Crippen LogP contribution in [-0.4, -0.2) is 27.9 Å². The molecule has 0 aromatic carbocycles. The Morgan fingerprint density at radius 3 is 2.90 bits per heavy atom. The molecule has 6 nitrogen and oxygen atoms in total. The first kappa shape index (κ1) is 14.9. The summed E-state index contributed by atoms with van der Waals surface area (Å²) in [6.45, 7) is 2.55. The maximum Gasteiger partial charge on any atom is 0.175 e. The van der Waals surface area contributed by atoms with Crippen LogP contribution >= 0.6 is 27.3 Å². The molecule has 108 valence electrons. The second kappa shape index (κ2) is 5.84. The van der Waals surface area contributed by atoms with E-state index in [0.717, 1.165) is 15.3 Å². The largest absolute Gasteiger partial charge is 0.409 e. The van der Waals surface area contributed by atoms with Gasteiger partial charge in [0.2, 0.25) is 0 Å². The van der Waals surface area contributed by atoms with Crippen LogP contribution in [0.1, 0.15) is 16.8 Å². The first-order valence-electron chi connectivity index (χ1n) is 5.89. The zero-order chi connectivity index (χ0) is 14.9. The molecule has 2 aromatic rings. The molecule has 3 N–H and O–H groups in total. The van der Waals surface area contributed by atoms with Gasteiger partial charge in [-0.15, -0.1) is 11.3 Å². The van der Waals surface area contributed by atoms with Crippen LogP contribution in [0.25, 0.3) is 0 Å². The average molecular weight is 358 g/mol. The van der Waals surface area contributed by atoms with Crippen molar-refractivity contribution in [2.24, 2.45) is 17.9 Å². The number of anilines is 1. The van der Waals surface area contributed by atoms with Crippen LogP contribution < -0.4 is 10.6 Å². The minimum atomic E-state index is 0.0731. The smallest absolute Gasteiger partial charge is 0.175 e. The van der Waals surface area contributed by atoms with Crippen LogP contribution in [0.3, 0.4) is 0 Å². The van der Waals surface area contributed by atoms with Gasteiger partial charge in [0.25, 0.3) is 0 Å². The van der Waals surface area contributed by atoms with Gasteiger partial charge in [0, 0.05) is 20.6 Å². The number of thiophene rings is 1. The topological polar surface area (TPSA) is 79.7 Å². The van der Waals surface area contributed by atoms with E-state index in [0.29, 0.717) is 12.1 Å². The summed E-state index contributed by atoms with van der Waals surface area (Å²) in [6.07, 6.45) is 0. The van der Waals surface area contributed by atoms with E-state index in [1.165, 1.54) is 5.56 Å². The summed E-state index contributed by atoms with van der Waals surface area (Å²) in [4.78, 5) is 2.03. The normalized spacial score (nSPS) is 11.9. The highest BCUT2D eigenvalue weighted by atomic mass is 79.9. The molecule has 0 amide bonds. The SMILES string of the molecule is Cc1nn(C)c(N(C)Cc2csc(Br)c2)c1C(N)=NO. The number of rotatable bonds is 4. The fourth-order valence-corrected chi connectivity index (χ4v) is 3.41. The first-order chi connectivity index (χ1) is 9.43. The molecule has 0 aliphatic rings. The van der Waals surface area contributed by atoms with Crippen molar-refractivity contribution in [2.75, 3.05) is 11.9 Å². The highest BCUT2D eigenvalue weighted by Crippen LogP contribution is 2.26. The number of hydrogen-bond acceptors (Lipinski definition) is 5.